The Morgan fingerprint density at radius 3 is 2.83 bits per heavy atom. The summed E-state index contributed by atoms with van der Waals surface area (Å²) >= 11 is 0. The predicted molar refractivity (Wildman–Crippen MR) is 48.1 cm³/mol. The van der Waals surface area contributed by atoms with Crippen LogP contribution in [-0.4, -0.2) is 37.0 Å². The molecule has 3 heteroatoms. The standard InChI is InChI=1S/C9H19NO2/c1-7-5-10-9(2,6-12-3)4-8(7)11/h7-8,10-11H,4-6H2,1-3H3. The average molecular weight is 173 g/mol. The highest BCUT2D eigenvalue weighted by atomic mass is 16.5. The topological polar surface area (TPSA) is 41.5 Å². The molecule has 0 aliphatic carbocycles. The molecular formula is C9H19NO2. The van der Waals surface area contributed by atoms with Crippen molar-refractivity contribution in [3.63, 3.8) is 0 Å². The zero-order valence-corrected chi connectivity index (χ0v) is 8.13. The number of rotatable bonds is 2. The maximum absolute atomic E-state index is 9.64. The van der Waals surface area contributed by atoms with E-state index < -0.39 is 0 Å². The largest absolute Gasteiger partial charge is 0.393 e. The van der Waals surface area contributed by atoms with Crippen LogP contribution in [0.25, 0.3) is 0 Å². The van der Waals surface area contributed by atoms with Gasteiger partial charge in [-0.1, -0.05) is 6.92 Å². The highest BCUT2D eigenvalue weighted by Gasteiger charge is 2.34. The smallest absolute Gasteiger partial charge is 0.0642 e. The first kappa shape index (κ1) is 9.96. The van der Waals surface area contributed by atoms with E-state index in [1.165, 1.54) is 0 Å². The number of piperidine rings is 1. The van der Waals surface area contributed by atoms with Crippen molar-refractivity contribution in [2.45, 2.75) is 31.9 Å². The number of methoxy groups -OCH3 is 1. The Labute approximate surface area is 74.1 Å². The van der Waals surface area contributed by atoms with Gasteiger partial charge in [-0.05, 0) is 19.3 Å². The Morgan fingerprint density at radius 2 is 2.33 bits per heavy atom. The van der Waals surface area contributed by atoms with Crippen LogP contribution in [0, 0.1) is 5.92 Å². The molecule has 0 amide bonds. The lowest BCUT2D eigenvalue weighted by Crippen LogP contribution is -2.56. The van der Waals surface area contributed by atoms with Crippen molar-refractivity contribution in [3.8, 4) is 0 Å². The molecule has 3 atom stereocenters. The van der Waals surface area contributed by atoms with Gasteiger partial charge in [0.05, 0.1) is 12.7 Å². The van der Waals surface area contributed by atoms with E-state index in [2.05, 4.69) is 19.2 Å². The number of aliphatic hydroxyl groups excluding tert-OH is 1. The summed E-state index contributed by atoms with van der Waals surface area (Å²) in [6, 6.07) is 0. The Hall–Kier alpha value is -0.120. The van der Waals surface area contributed by atoms with Gasteiger partial charge in [0.2, 0.25) is 0 Å². The highest BCUT2D eigenvalue weighted by molar-refractivity contribution is 4.92. The van der Waals surface area contributed by atoms with E-state index in [1.54, 1.807) is 7.11 Å². The molecule has 3 nitrogen and oxygen atoms in total. The van der Waals surface area contributed by atoms with Gasteiger partial charge in [0.1, 0.15) is 0 Å². The van der Waals surface area contributed by atoms with E-state index in [0.717, 1.165) is 13.0 Å². The SMILES string of the molecule is COCC1(C)CC(O)C(C)CN1. The van der Waals surface area contributed by atoms with Gasteiger partial charge in [-0.3, -0.25) is 0 Å². The molecule has 1 fully saturated rings. The molecule has 3 unspecified atom stereocenters. The van der Waals surface area contributed by atoms with Gasteiger partial charge in [0.15, 0.2) is 0 Å². The quantitative estimate of drug-likeness (QED) is 0.634. The summed E-state index contributed by atoms with van der Waals surface area (Å²) in [6.45, 7) is 5.69. The molecule has 0 bridgehead atoms. The first-order chi connectivity index (χ1) is 5.57. The number of aliphatic hydroxyl groups is 1. The lowest BCUT2D eigenvalue weighted by Gasteiger charge is -2.40. The Bertz CT molecular complexity index is 151. The maximum atomic E-state index is 9.64. The van der Waals surface area contributed by atoms with Crippen molar-refractivity contribution in [2.75, 3.05) is 20.3 Å². The number of nitrogens with one attached hydrogen (secondary N) is 1. The van der Waals surface area contributed by atoms with Crippen LogP contribution in [0.3, 0.4) is 0 Å². The molecule has 0 aromatic carbocycles. The van der Waals surface area contributed by atoms with Crippen molar-refractivity contribution < 1.29 is 9.84 Å². The second-order valence-corrected chi connectivity index (χ2v) is 4.12. The van der Waals surface area contributed by atoms with E-state index in [1.807, 2.05) is 0 Å². The van der Waals surface area contributed by atoms with Gasteiger partial charge in [-0.15, -0.1) is 0 Å². The monoisotopic (exact) mass is 173 g/mol. The molecule has 72 valence electrons. The van der Waals surface area contributed by atoms with Crippen molar-refractivity contribution in [3.05, 3.63) is 0 Å². The fourth-order valence-electron chi connectivity index (χ4n) is 1.71. The molecule has 12 heavy (non-hydrogen) atoms. The second kappa shape index (κ2) is 3.73. The molecule has 1 rings (SSSR count). The summed E-state index contributed by atoms with van der Waals surface area (Å²) in [5.41, 5.74) is -0.0410. The van der Waals surface area contributed by atoms with Crippen LogP contribution in [0.15, 0.2) is 0 Å². The third-order valence-electron chi connectivity index (χ3n) is 2.63. The second-order valence-electron chi connectivity index (χ2n) is 4.12. The fourth-order valence-corrected chi connectivity index (χ4v) is 1.71. The molecular weight excluding hydrogens is 154 g/mol. The number of hydrogen-bond acceptors (Lipinski definition) is 3. The lowest BCUT2D eigenvalue weighted by atomic mass is 9.85. The van der Waals surface area contributed by atoms with Crippen molar-refractivity contribution >= 4 is 0 Å². The van der Waals surface area contributed by atoms with Gasteiger partial charge < -0.3 is 15.2 Å². The van der Waals surface area contributed by atoms with Gasteiger partial charge in [-0.25, -0.2) is 0 Å². The molecule has 0 radical (unpaired) electrons. The lowest BCUT2D eigenvalue weighted by molar-refractivity contribution is 0.00871. The van der Waals surface area contributed by atoms with E-state index in [0.29, 0.717) is 12.5 Å². The summed E-state index contributed by atoms with van der Waals surface area (Å²) in [4.78, 5) is 0. The first-order valence-corrected chi connectivity index (χ1v) is 4.49. The Kier molecular flexibility index (Phi) is 3.09. The minimum Gasteiger partial charge on any atom is -0.393 e. The van der Waals surface area contributed by atoms with Gasteiger partial charge >= 0.3 is 0 Å². The molecule has 1 aliphatic rings. The molecule has 0 aromatic rings. The van der Waals surface area contributed by atoms with Crippen LogP contribution in [0.2, 0.25) is 0 Å². The molecule has 2 N–H and O–H groups in total. The van der Waals surface area contributed by atoms with E-state index >= 15 is 0 Å². The van der Waals surface area contributed by atoms with Gasteiger partial charge in [0.25, 0.3) is 0 Å². The molecule has 0 aromatic heterocycles. The number of hydrogen-bond donors (Lipinski definition) is 2. The van der Waals surface area contributed by atoms with Gasteiger partial charge in [-0.2, -0.15) is 0 Å². The van der Waals surface area contributed by atoms with Crippen LogP contribution in [-0.2, 0) is 4.74 Å². The maximum Gasteiger partial charge on any atom is 0.0642 e. The van der Waals surface area contributed by atoms with E-state index in [4.69, 9.17) is 4.74 Å². The molecule has 0 spiro atoms. The predicted octanol–water partition coefficient (Wildman–Crippen LogP) is 0.382. The third kappa shape index (κ3) is 2.19. The van der Waals surface area contributed by atoms with Crippen LogP contribution in [0.4, 0.5) is 0 Å². The molecule has 1 aliphatic heterocycles. The van der Waals surface area contributed by atoms with Crippen molar-refractivity contribution in [1.82, 2.24) is 5.32 Å². The fraction of sp³-hybridized carbons (Fsp3) is 1.00. The molecule has 1 heterocycles. The summed E-state index contributed by atoms with van der Waals surface area (Å²) in [6.07, 6.45) is 0.591. The Morgan fingerprint density at radius 1 is 1.67 bits per heavy atom. The van der Waals surface area contributed by atoms with Crippen LogP contribution >= 0.6 is 0 Å². The van der Waals surface area contributed by atoms with E-state index in [9.17, 15) is 5.11 Å². The van der Waals surface area contributed by atoms with Crippen molar-refractivity contribution in [1.29, 1.82) is 0 Å². The summed E-state index contributed by atoms with van der Waals surface area (Å²) in [7, 11) is 1.69. The van der Waals surface area contributed by atoms with Gasteiger partial charge in [0, 0.05) is 19.2 Å². The molecule has 1 saturated heterocycles. The first-order valence-electron chi connectivity index (χ1n) is 4.49. The average Bonchev–Trinajstić information content (AvgIpc) is 1.98. The van der Waals surface area contributed by atoms with Crippen molar-refractivity contribution in [2.24, 2.45) is 5.92 Å². The summed E-state index contributed by atoms with van der Waals surface area (Å²) < 4.78 is 5.09. The van der Waals surface area contributed by atoms with Crippen LogP contribution < -0.4 is 5.32 Å². The normalized spacial score (nSPS) is 43.0. The van der Waals surface area contributed by atoms with Crippen LogP contribution in [0.1, 0.15) is 20.3 Å². The Balaban J connectivity index is 2.48. The summed E-state index contributed by atoms with van der Waals surface area (Å²) in [5, 5.41) is 13.0. The zero-order chi connectivity index (χ0) is 9.19. The zero-order valence-electron chi connectivity index (χ0n) is 8.13. The number of ether oxygens (including phenoxy) is 1. The van der Waals surface area contributed by atoms with E-state index in [-0.39, 0.29) is 11.6 Å². The minimum atomic E-state index is -0.189. The molecule has 0 saturated carbocycles. The third-order valence-corrected chi connectivity index (χ3v) is 2.63. The highest BCUT2D eigenvalue weighted by Crippen LogP contribution is 2.22. The van der Waals surface area contributed by atoms with Crippen LogP contribution in [0.5, 0.6) is 0 Å². The minimum absolute atomic E-state index is 0.0410. The summed E-state index contributed by atoms with van der Waals surface area (Å²) in [5.74, 6) is 0.356.